The average molecular weight is 167 g/mol. The molecule has 0 aromatic carbocycles. The molecular formula is C4H4F3N3O. The molecule has 0 saturated heterocycles. The van der Waals surface area contributed by atoms with Gasteiger partial charge in [-0.3, -0.25) is 5.32 Å². The van der Waals surface area contributed by atoms with E-state index in [1.165, 1.54) is 0 Å². The van der Waals surface area contributed by atoms with Crippen LogP contribution in [-0.2, 0) is 0 Å². The van der Waals surface area contributed by atoms with Crippen LogP contribution < -0.4 is 10.6 Å². The first-order chi connectivity index (χ1) is 5.00. The van der Waals surface area contributed by atoms with E-state index in [0.29, 0.717) is 0 Å². The number of carbonyl (C=O) groups is 1. The molecule has 1 aliphatic heterocycles. The van der Waals surface area contributed by atoms with E-state index in [1.807, 2.05) is 5.32 Å². The lowest BCUT2D eigenvalue weighted by Crippen LogP contribution is -2.51. The number of urea groups is 1. The van der Waals surface area contributed by atoms with Gasteiger partial charge in [-0.2, -0.15) is 13.2 Å². The van der Waals surface area contributed by atoms with Gasteiger partial charge in [0.15, 0.2) is 0 Å². The molecule has 2 amide bonds. The van der Waals surface area contributed by atoms with Gasteiger partial charge in [0, 0.05) is 0 Å². The number of nitrogens with one attached hydrogen (secondary N) is 2. The number of amides is 2. The number of carbonyl (C=O) groups excluding carboxylic acids is 1. The second-order valence-corrected chi connectivity index (χ2v) is 1.84. The van der Waals surface area contributed by atoms with Gasteiger partial charge in [0.25, 0.3) is 0 Å². The smallest absolute Gasteiger partial charge is 0.308 e. The van der Waals surface area contributed by atoms with E-state index in [2.05, 4.69) is 4.99 Å². The van der Waals surface area contributed by atoms with Crippen molar-refractivity contribution >= 4 is 12.4 Å². The van der Waals surface area contributed by atoms with Crippen LogP contribution in [0.5, 0.6) is 0 Å². The molecule has 62 valence electrons. The number of hydrogen-bond donors (Lipinski definition) is 2. The van der Waals surface area contributed by atoms with Crippen LogP contribution in [0.25, 0.3) is 0 Å². The minimum Gasteiger partial charge on any atom is -0.308 e. The zero-order chi connectivity index (χ0) is 8.48. The maximum atomic E-state index is 11.8. The van der Waals surface area contributed by atoms with Crippen LogP contribution in [0.1, 0.15) is 0 Å². The van der Waals surface area contributed by atoms with Gasteiger partial charge in [-0.15, -0.1) is 0 Å². The first kappa shape index (κ1) is 7.83. The Kier molecular flexibility index (Phi) is 1.71. The van der Waals surface area contributed by atoms with Gasteiger partial charge >= 0.3 is 12.2 Å². The van der Waals surface area contributed by atoms with Crippen molar-refractivity contribution in [2.45, 2.75) is 12.3 Å². The SMILES string of the molecule is O=C1NC=NC(C(F)(F)F)N1. The van der Waals surface area contributed by atoms with Crippen molar-refractivity contribution in [3.63, 3.8) is 0 Å². The minimum absolute atomic E-state index is 0.719. The second kappa shape index (κ2) is 2.40. The third-order valence-electron chi connectivity index (χ3n) is 0.997. The highest BCUT2D eigenvalue weighted by atomic mass is 19.4. The van der Waals surface area contributed by atoms with Crippen LogP contribution >= 0.6 is 0 Å². The zero-order valence-corrected chi connectivity index (χ0v) is 5.14. The predicted molar refractivity (Wildman–Crippen MR) is 30.0 cm³/mol. The van der Waals surface area contributed by atoms with Crippen molar-refractivity contribution < 1.29 is 18.0 Å². The Balaban J connectivity index is 2.68. The summed E-state index contributed by atoms with van der Waals surface area (Å²) in [6.07, 6.45) is -5.91. The zero-order valence-electron chi connectivity index (χ0n) is 5.14. The monoisotopic (exact) mass is 167 g/mol. The van der Waals surface area contributed by atoms with Crippen molar-refractivity contribution in [1.29, 1.82) is 0 Å². The number of rotatable bonds is 0. The van der Waals surface area contributed by atoms with E-state index in [1.54, 1.807) is 5.32 Å². The van der Waals surface area contributed by atoms with Crippen molar-refractivity contribution in [2.24, 2.45) is 4.99 Å². The maximum absolute atomic E-state index is 11.8. The molecule has 11 heavy (non-hydrogen) atoms. The molecule has 1 unspecified atom stereocenters. The fraction of sp³-hybridized carbons (Fsp3) is 0.500. The summed E-state index contributed by atoms with van der Waals surface area (Å²) in [4.78, 5) is 13.3. The van der Waals surface area contributed by atoms with E-state index in [0.717, 1.165) is 6.34 Å². The lowest BCUT2D eigenvalue weighted by molar-refractivity contribution is -0.151. The summed E-state index contributed by atoms with van der Waals surface area (Å²) in [5.74, 6) is 0. The molecule has 4 nitrogen and oxygen atoms in total. The summed E-state index contributed by atoms with van der Waals surface area (Å²) >= 11 is 0. The lowest BCUT2D eigenvalue weighted by atomic mass is 10.5. The normalized spacial score (nSPS) is 24.3. The summed E-state index contributed by atoms with van der Waals surface area (Å²) in [6, 6.07) is -0.901. The molecule has 0 aromatic heterocycles. The van der Waals surface area contributed by atoms with Crippen LogP contribution in [0.2, 0.25) is 0 Å². The van der Waals surface area contributed by atoms with Crippen LogP contribution in [0.4, 0.5) is 18.0 Å². The summed E-state index contributed by atoms with van der Waals surface area (Å²) < 4.78 is 35.3. The number of aliphatic imine (C=N–C) groups is 1. The molecule has 1 aliphatic rings. The molecule has 1 heterocycles. The van der Waals surface area contributed by atoms with E-state index in [-0.39, 0.29) is 0 Å². The van der Waals surface area contributed by atoms with E-state index < -0.39 is 18.4 Å². The van der Waals surface area contributed by atoms with Crippen LogP contribution in [0.15, 0.2) is 4.99 Å². The van der Waals surface area contributed by atoms with Crippen LogP contribution in [0.3, 0.4) is 0 Å². The van der Waals surface area contributed by atoms with Crippen LogP contribution in [-0.4, -0.2) is 24.7 Å². The second-order valence-electron chi connectivity index (χ2n) is 1.84. The molecule has 0 bridgehead atoms. The van der Waals surface area contributed by atoms with Crippen molar-refractivity contribution in [3.8, 4) is 0 Å². The minimum atomic E-state index is -4.52. The highest BCUT2D eigenvalue weighted by Gasteiger charge is 2.41. The molecule has 0 aliphatic carbocycles. The molecule has 0 aromatic rings. The first-order valence-corrected chi connectivity index (χ1v) is 2.65. The van der Waals surface area contributed by atoms with Gasteiger partial charge in [0.05, 0.1) is 6.34 Å². The van der Waals surface area contributed by atoms with Gasteiger partial charge in [-0.1, -0.05) is 0 Å². The molecule has 1 rings (SSSR count). The van der Waals surface area contributed by atoms with Crippen molar-refractivity contribution in [2.75, 3.05) is 0 Å². The quantitative estimate of drug-likeness (QED) is 0.532. The molecule has 0 spiro atoms. The van der Waals surface area contributed by atoms with Crippen LogP contribution in [0, 0.1) is 0 Å². The number of nitrogens with zero attached hydrogens (tertiary/aromatic N) is 1. The Labute approximate surface area is 59.5 Å². The van der Waals surface area contributed by atoms with E-state index in [9.17, 15) is 18.0 Å². The van der Waals surface area contributed by atoms with Gasteiger partial charge in [-0.25, -0.2) is 9.79 Å². The molecule has 0 fully saturated rings. The Morgan fingerprint density at radius 3 is 2.55 bits per heavy atom. The topological polar surface area (TPSA) is 53.5 Å². The summed E-state index contributed by atoms with van der Waals surface area (Å²) in [5, 5.41) is 3.53. The Bertz CT molecular complexity index is 199. The van der Waals surface area contributed by atoms with Gasteiger partial charge in [-0.05, 0) is 0 Å². The fourth-order valence-electron chi connectivity index (χ4n) is 0.540. The highest BCUT2D eigenvalue weighted by molar-refractivity contribution is 5.88. The third-order valence-corrected chi connectivity index (χ3v) is 0.997. The number of hydrogen-bond acceptors (Lipinski definition) is 2. The highest BCUT2D eigenvalue weighted by Crippen LogP contribution is 2.21. The molecular weight excluding hydrogens is 163 g/mol. The Hall–Kier alpha value is -1.27. The van der Waals surface area contributed by atoms with Gasteiger partial charge in [0.1, 0.15) is 0 Å². The first-order valence-electron chi connectivity index (χ1n) is 2.65. The molecule has 1 atom stereocenters. The van der Waals surface area contributed by atoms with Crippen molar-refractivity contribution in [3.05, 3.63) is 0 Å². The lowest BCUT2D eigenvalue weighted by Gasteiger charge is -2.20. The molecule has 0 radical (unpaired) electrons. The van der Waals surface area contributed by atoms with Gasteiger partial charge < -0.3 is 5.32 Å². The predicted octanol–water partition coefficient (Wildman–Crippen LogP) is 0.216. The largest absolute Gasteiger partial charge is 0.429 e. The summed E-state index contributed by atoms with van der Waals surface area (Å²) in [6.45, 7) is 0. The third kappa shape index (κ3) is 1.82. The standard InChI is InChI=1S/C4H4F3N3O/c5-4(6,7)2-8-1-9-3(11)10-2/h1-2H,(H2,8,9,10,11). The summed E-state index contributed by atoms with van der Waals surface area (Å²) in [7, 11) is 0. The van der Waals surface area contributed by atoms with Gasteiger partial charge in [0.2, 0.25) is 6.17 Å². The average Bonchev–Trinajstić information content (AvgIpc) is 1.86. The number of alkyl halides is 3. The van der Waals surface area contributed by atoms with E-state index in [4.69, 9.17) is 0 Å². The number of halogens is 3. The maximum Gasteiger partial charge on any atom is 0.429 e. The summed E-state index contributed by atoms with van der Waals surface area (Å²) in [5.41, 5.74) is 0. The molecule has 2 N–H and O–H groups in total. The Morgan fingerprint density at radius 2 is 2.18 bits per heavy atom. The Morgan fingerprint density at radius 1 is 1.55 bits per heavy atom. The fourth-order valence-corrected chi connectivity index (χ4v) is 0.540. The van der Waals surface area contributed by atoms with Crippen molar-refractivity contribution in [1.82, 2.24) is 10.6 Å². The molecule has 0 saturated carbocycles. The van der Waals surface area contributed by atoms with E-state index >= 15 is 0 Å². The molecule has 7 heteroatoms.